The molecule has 72 valence electrons. The van der Waals surface area contributed by atoms with Crippen LogP contribution in [0.5, 0.6) is 0 Å². The van der Waals surface area contributed by atoms with Crippen molar-refractivity contribution in [1.29, 1.82) is 0 Å². The van der Waals surface area contributed by atoms with E-state index in [2.05, 4.69) is 27.5 Å². The van der Waals surface area contributed by atoms with Crippen LogP contribution in [-0.2, 0) is 6.42 Å². The van der Waals surface area contributed by atoms with E-state index in [1.54, 1.807) is 0 Å². The summed E-state index contributed by atoms with van der Waals surface area (Å²) < 4.78 is 0. The zero-order valence-electron chi connectivity index (χ0n) is 7.92. The van der Waals surface area contributed by atoms with Gasteiger partial charge in [0.05, 0.1) is 0 Å². The van der Waals surface area contributed by atoms with Crippen LogP contribution < -0.4 is 5.32 Å². The number of aromatic amines is 1. The molecule has 2 N–H and O–H groups in total. The Kier molecular flexibility index (Phi) is 3.00. The minimum atomic E-state index is 1.15. The number of hydrogen-bond acceptors (Lipinski definition) is 2. The van der Waals surface area contributed by atoms with Crippen molar-refractivity contribution in [3.8, 4) is 0 Å². The van der Waals surface area contributed by atoms with Gasteiger partial charge in [0.2, 0.25) is 0 Å². The third-order valence-electron chi connectivity index (χ3n) is 2.59. The Labute approximate surface area is 79.1 Å². The molecule has 3 heteroatoms. The van der Waals surface area contributed by atoms with Crippen LogP contribution in [-0.4, -0.2) is 42.6 Å². The molecule has 1 aromatic rings. The number of piperazine rings is 1. The summed E-state index contributed by atoms with van der Waals surface area (Å²) in [6.07, 6.45) is 5.25. The molecule has 3 nitrogen and oxygen atoms in total. The Balaban J connectivity index is 1.72. The highest BCUT2D eigenvalue weighted by molar-refractivity contribution is 5.08. The van der Waals surface area contributed by atoms with E-state index in [0.29, 0.717) is 0 Å². The summed E-state index contributed by atoms with van der Waals surface area (Å²) in [5.41, 5.74) is 1.42. The Hall–Kier alpha value is -0.800. The van der Waals surface area contributed by atoms with Crippen LogP contribution in [0.4, 0.5) is 0 Å². The van der Waals surface area contributed by atoms with E-state index in [9.17, 15) is 0 Å². The monoisotopic (exact) mass is 179 g/mol. The summed E-state index contributed by atoms with van der Waals surface area (Å²) in [7, 11) is 0. The zero-order chi connectivity index (χ0) is 8.93. The molecule has 0 amide bonds. The van der Waals surface area contributed by atoms with Crippen LogP contribution in [0, 0.1) is 0 Å². The molecule has 2 heterocycles. The summed E-state index contributed by atoms with van der Waals surface area (Å²) in [5, 5.41) is 3.36. The van der Waals surface area contributed by atoms with Gasteiger partial charge in [-0.05, 0) is 18.1 Å². The minimum Gasteiger partial charge on any atom is -0.367 e. The van der Waals surface area contributed by atoms with Gasteiger partial charge in [-0.1, -0.05) is 0 Å². The molecule has 0 atom stereocenters. The molecule has 1 fully saturated rings. The third kappa shape index (κ3) is 2.57. The lowest BCUT2D eigenvalue weighted by Gasteiger charge is -2.26. The molecule has 2 rings (SSSR count). The lowest BCUT2D eigenvalue weighted by Crippen LogP contribution is -2.44. The minimum absolute atomic E-state index is 1.15. The molecule has 0 bridgehead atoms. The first-order valence-electron chi connectivity index (χ1n) is 5.00. The van der Waals surface area contributed by atoms with E-state index < -0.39 is 0 Å². The molecule has 1 aliphatic heterocycles. The maximum atomic E-state index is 3.36. The molecular weight excluding hydrogens is 162 g/mol. The van der Waals surface area contributed by atoms with Gasteiger partial charge >= 0.3 is 0 Å². The largest absolute Gasteiger partial charge is 0.367 e. The Morgan fingerprint density at radius 2 is 2.15 bits per heavy atom. The maximum absolute atomic E-state index is 3.36. The lowest BCUT2D eigenvalue weighted by atomic mass is 10.2. The van der Waals surface area contributed by atoms with Gasteiger partial charge in [0.25, 0.3) is 0 Å². The van der Waals surface area contributed by atoms with E-state index in [-0.39, 0.29) is 0 Å². The number of nitrogens with one attached hydrogen (secondary N) is 2. The number of hydrogen-bond donors (Lipinski definition) is 2. The molecule has 1 aromatic heterocycles. The summed E-state index contributed by atoms with van der Waals surface area (Å²) in [4.78, 5) is 5.60. The molecule has 0 aromatic carbocycles. The quantitative estimate of drug-likeness (QED) is 0.706. The van der Waals surface area contributed by atoms with Crippen LogP contribution >= 0.6 is 0 Å². The summed E-state index contributed by atoms with van der Waals surface area (Å²) in [6.45, 7) is 5.88. The molecule has 0 spiro atoms. The zero-order valence-corrected chi connectivity index (χ0v) is 7.92. The van der Waals surface area contributed by atoms with Crippen molar-refractivity contribution in [2.45, 2.75) is 6.42 Å². The Bertz CT molecular complexity index is 224. The smallest absolute Gasteiger partial charge is 0.0108 e. The van der Waals surface area contributed by atoms with Gasteiger partial charge in [-0.2, -0.15) is 0 Å². The van der Waals surface area contributed by atoms with Gasteiger partial charge in [-0.25, -0.2) is 0 Å². The predicted molar refractivity (Wildman–Crippen MR) is 53.8 cm³/mol. The molecule has 0 unspecified atom stereocenters. The maximum Gasteiger partial charge on any atom is 0.0108 e. The molecule has 1 saturated heterocycles. The van der Waals surface area contributed by atoms with Gasteiger partial charge in [0.1, 0.15) is 0 Å². The molecule has 0 aliphatic carbocycles. The molecular formula is C10H17N3. The Morgan fingerprint density at radius 3 is 2.85 bits per heavy atom. The molecule has 13 heavy (non-hydrogen) atoms. The van der Waals surface area contributed by atoms with Crippen molar-refractivity contribution >= 4 is 0 Å². The van der Waals surface area contributed by atoms with Crippen molar-refractivity contribution in [1.82, 2.24) is 15.2 Å². The molecule has 0 saturated carbocycles. The first-order chi connectivity index (χ1) is 6.45. The SMILES string of the molecule is c1cc(CCN2CCNCC2)c[nH]1. The van der Waals surface area contributed by atoms with Crippen LogP contribution in [0.25, 0.3) is 0 Å². The van der Waals surface area contributed by atoms with Crippen molar-refractivity contribution in [2.75, 3.05) is 32.7 Å². The molecule has 1 aliphatic rings. The average molecular weight is 179 g/mol. The van der Waals surface area contributed by atoms with Crippen molar-refractivity contribution in [3.05, 3.63) is 24.0 Å². The van der Waals surface area contributed by atoms with Crippen molar-refractivity contribution in [3.63, 3.8) is 0 Å². The van der Waals surface area contributed by atoms with E-state index in [4.69, 9.17) is 0 Å². The normalized spacial score (nSPS) is 19.1. The second-order valence-electron chi connectivity index (χ2n) is 3.56. The highest BCUT2D eigenvalue weighted by Gasteiger charge is 2.08. The van der Waals surface area contributed by atoms with Crippen LogP contribution in [0.1, 0.15) is 5.56 Å². The number of nitrogens with zero attached hydrogens (tertiary/aromatic N) is 1. The number of H-pyrrole nitrogens is 1. The van der Waals surface area contributed by atoms with Crippen LogP contribution in [0.3, 0.4) is 0 Å². The molecule has 0 radical (unpaired) electrons. The highest BCUT2D eigenvalue weighted by Crippen LogP contribution is 2.00. The van der Waals surface area contributed by atoms with Crippen molar-refractivity contribution in [2.24, 2.45) is 0 Å². The summed E-state index contributed by atoms with van der Waals surface area (Å²) in [5.74, 6) is 0. The summed E-state index contributed by atoms with van der Waals surface area (Å²) in [6, 6.07) is 2.15. The van der Waals surface area contributed by atoms with Crippen molar-refractivity contribution < 1.29 is 0 Å². The van der Waals surface area contributed by atoms with Gasteiger partial charge in [0.15, 0.2) is 0 Å². The van der Waals surface area contributed by atoms with E-state index in [1.165, 1.54) is 31.6 Å². The van der Waals surface area contributed by atoms with Crippen LogP contribution in [0.2, 0.25) is 0 Å². The van der Waals surface area contributed by atoms with Gasteiger partial charge < -0.3 is 15.2 Å². The predicted octanol–water partition coefficient (Wildman–Crippen LogP) is 0.462. The van der Waals surface area contributed by atoms with E-state index >= 15 is 0 Å². The third-order valence-corrected chi connectivity index (χ3v) is 2.59. The number of aromatic nitrogens is 1. The fourth-order valence-electron chi connectivity index (χ4n) is 1.74. The van der Waals surface area contributed by atoms with Gasteiger partial charge in [0, 0.05) is 45.1 Å². The summed E-state index contributed by atoms with van der Waals surface area (Å²) >= 11 is 0. The fourth-order valence-corrected chi connectivity index (χ4v) is 1.74. The van der Waals surface area contributed by atoms with Crippen LogP contribution in [0.15, 0.2) is 18.5 Å². The fraction of sp³-hybridized carbons (Fsp3) is 0.600. The second kappa shape index (κ2) is 4.44. The second-order valence-corrected chi connectivity index (χ2v) is 3.56. The van der Waals surface area contributed by atoms with E-state index in [0.717, 1.165) is 13.1 Å². The highest BCUT2D eigenvalue weighted by atomic mass is 15.2. The first-order valence-corrected chi connectivity index (χ1v) is 5.00. The topological polar surface area (TPSA) is 31.1 Å². The average Bonchev–Trinajstić information content (AvgIpc) is 2.69. The van der Waals surface area contributed by atoms with Gasteiger partial charge in [-0.3, -0.25) is 0 Å². The Morgan fingerprint density at radius 1 is 1.31 bits per heavy atom. The number of rotatable bonds is 3. The standard InChI is InChI=1S/C10H17N3/c1-3-12-9-10(1)2-6-13-7-4-11-5-8-13/h1,3,9,11-12H,2,4-8H2. The first kappa shape index (κ1) is 8.78. The van der Waals surface area contributed by atoms with Gasteiger partial charge in [-0.15, -0.1) is 0 Å². The van der Waals surface area contributed by atoms with E-state index in [1.807, 2.05) is 6.20 Å². The lowest BCUT2D eigenvalue weighted by molar-refractivity contribution is 0.244.